The summed E-state index contributed by atoms with van der Waals surface area (Å²) in [5.74, 6) is -0.659. The Hall–Kier alpha value is -2.91. The second-order valence-corrected chi connectivity index (χ2v) is 9.24. The highest BCUT2D eigenvalue weighted by Gasteiger charge is 2.31. The van der Waals surface area contributed by atoms with Crippen molar-refractivity contribution in [1.29, 1.82) is 0 Å². The summed E-state index contributed by atoms with van der Waals surface area (Å²) in [7, 11) is 0. The number of nitrogens with zero attached hydrogens (tertiary/aromatic N) is 3. The van der Waals surface area contributed by atoms with Crippen LogP contribution in [0.4, 0.5) is 10.2 Å². The lowest BCUT2D eigenvalue weighted by Gasteiger charge is -2.26. The van der Waals surface area contributed by atoms with Gasteiger partial charge in [-0.2, -0.15) is 0 Å². The highest BCUT2D eigenvalue weighted by molar-refractivity contribution is 6.31. The van der Waals surface area contributed by atoms with Crippen LogP contribution in [0, 0.1) is 12.7 Å². The third-order valence-electron chi connectivity index (χ3n) is 5.92. The van der Waals surface area contributed by atoms with Gasteiger partial charge in [0.2, 0.25) is 0 Å². The average Bonchev–Trinajstić information content (AvgIpc) is 3.13. The molecular weight excluding hydrogens is 461 g/mol. The number of amides is 1. The predicted molar refractivity (Wildman–Crippen MR) is 128 cm³/mol. The van der Waals surface area contributed by atoms with E-state index < -0.39 is 17.6 Å². The van der Waals surface area contributed by atoms with E-state index in [1.165, 1.54) is 6.07 Å². The van der Waals surface area contributed by atoms with E-state index in [1.54, 1.807) is 12.4 Å². The number of rotatable bonds is 6. The number of carbonyl (C=O) groups excluding carboxylic acids is 1. The van der Waals surface area contributed by atoms with Crippen LogP contribution < -0.4 is 15.8 Å². The van der Waals surface area contributed by atoms with Crippen molar-refractivity contribution in [2.24, 2.45) is 0 Å². The zero-order valence-corrected chi connectivity index (χ0v) is 20.4. The predicted octanol–water partition coefficient (Wildman–Crippen LogP) is 4.26. The molecule has 4 rings (SSSR count). The maximum Gasteiger partial charge on any atom is 0.258 e. The number of aromatic nitrogens is 3. The SMILES string of the molecule is Cc1nc(C(C)c2cc(Cl)c(F)c(C(=O)NC3CCCOC3)c2OC(C)C)n2ccnc(N)c12. The van der Waals surface area contributed by atoms with Gasteiger partial charge in [0.05, 0.1) is 29.5 Å². The maximum atomic E-state index is 15.3. The van der Waals surface area contributed by atoms with E-state index in [2.05, 4.69) is 10.3 Å². The van der Waals surface area contributed by atoms with E-state index in [0.717, 1.165) is 12.8 Å². The first-order valence-corrected chi connectivity index (χ1v) is 11.7. The van der Waals surface area contributed by atoms with Gasteiger partial charge in [-0.05, 0) is 39.7 Å². The number of nitrogens with one attached hydrogen (secondary N) is 1. The Kier molecular flexibility index (Phi) is 6.95. The number of benzene rings is 1. The van der Waals surface area contributed by atoms with Gasteiger partial charge in [-0.3, -0.25) is 9.20 Å². The van der Waals surface area contributed by atoms with Gasteiger partial charge >= 0.3 is 0 Å². The molecule has 3 N–H and O–H groups in total. The molecule has 1 aliphatic heterocycles. The monoisotopic (exact) mass is 489 g/mol. The van der Waals surface area contributed by atoms with Crippen molar-refractivity contribution in [3.63, 3.8) is 0 Å². The highest BCUT2D eigenvalue weighted by atomic mass is 35.5. The Bertz CT molecular complexity index is 1220. The van der Waals surface area contributed by atoms with Crippen LogP contribution in [0.25, 0.3) is 5.52 Å². The summed E-state index contributed by atoms with van der Waals surface area (Å²) in [4.78, 5) is 22.1. The quantitative estimate of drug-likeness (QED) is 0.536. The number of anilines is 1. The van der Waals surface area contributed by atoms with Crippen LogP contribution in [0.2, 0.25) is 5.02 Å². The van der Waals surface area contributed by atoms with Gasteiger partial charge in [0, 0.05) is 30.5 Å². The molecule has 10 heteroatoms. The van der Waals surface area contributed by atoms with Crippen LogP contribution >= 0.6 is 11.6 Å². The van der Waals surface area contributed by atoms with Crippen LogP contribution in [-0.4, -0.2) is 45.6 Å². The molecule has 1 aliphatic rings. The topological polar surface area (TPSA) is 104 Å². The third kappa shape index (κ3) is 4.54. The minimum absolute atomic E-state index is 0.148. The largest absolute Gasteiger partial charge is 0.490 e. The first-order valence-electron chi connectivity index (χ1n) is 11.3. The number of imidazole rings is 1. The summed E-state index contributed by atoms with van der Waals surface area (Å²) < 4.78 is 28.7. The molecule has 2 aromatic heterocycles. The number of ether oxygens (including phenoxy) is 2. The van der Waals surface area contributed by atoms with E-state index in [4.69, 9.17) is 31.8 Å². The summed E-state index contributed by atoms with van der Waals surface area (Å²) in [6.07, 6.45) is 4.63. The molecule has 34 heavy (non-hydrogen) atoms. The van der Waals surface area contributed by atoms with Crippen LogP contribution in [0.5, 0.6) is 5.75 Å². The van der Waals surface area contributed by atoms with Crippen molar-refractivity contribution in [1.82, 2.24) is 19.7 Å². The molecule has 1 saturated heterocycles. The number of hydrogen-bond donors (Lipinski definition) is 2. The minimum atomic E-state index is -0.819. The molecule has 2 unspecified atom stereocenters. The molecule has 0 radical (unpaired) electrons. The molecule has 1 fully saturated rings. The molecule has 1 amide bonds. The van der Waals surface area contributed by atoms with Gasteiger partial charge < -0.3 is 20.5 Å². The molecule has 0 spiro atoms. The zero-order chi connectivity index (χ0) is 24.6. The van der Waals surface area contributed by atoms with Crippen molar-refractivity contribution >= 4 is 28.8 Å². The molecule has 0 saturated carbocycles. The smallest absolute Gasteiger partial charge is 0.258 e. The van der Waals surface area contributed by atoms with Gasteiger partial charge in [-0.15, -0.1) is 0 Å². The maximum absolute atomic E-state index is 15.3. The summed E-state index contributed by atoms with van der Waals surface area (Å²) >= 11 is 6.30. The van der Waals surface area contributed by atoms with Crippen molar-refractivity contribution in [3.8, 4) is 5.75 Å². The number of aryl methyl sites for hydroxylation is 1. The number of carbonyl (C=O) groups is 1. The fourth-order valence-corrected chi connectivity index (χ4v) is 4.55. The zero-order valence-electron chi connectivity index (χ0n) is 19.7. The Labute approximate surface area is 202 Å². The lowest BCUT2D eigenvalue weighted by Crippen LogP contribution is -2.41. The van der Waals surface area contributed by atoms with E-state index in [1.807, 2.05) is 32.1 Å². The Morgan fingerprint density at radius 1 is 1.41 bits per heavy atom. The summed E-state index contributed by atoms with van der Waals surface area (Å²) in [6, 6.07) is 1.29. The van der Waals surface area contributed by atoms with Gasteiger partial charge in [0.15, 0.2) is 5.82 Å². The molecule has 0 aliphatic carbocycles. The molecule has 3 heterocycles. The highest BCUT2D eigenvalue weighted by Crippen LogP contribution is 2.40. The number of halogens is 2. The second-order valence-electron chi connectivity index (χ2n) is 8.83. The van der Waals surface area contributed by atoms with Crippen LogP contribution in [0.3, 0.4) is 0 Å². The van der Waals surface area contributed by atoms with Crippen molar-refractivity contribution in [3.05, 3.63) is 51.9 Å². The Morgan fingerprint density at radius 2 is 2.18 bits per heavy atom. The summed E-state index contributed by atoms with van der Waals surface area (Å²) in [5.41, 5.74) is 7.81. The first kappa shape index (κ1) is 24.2. The standard InChI is InChI=1S/C24H29ClFN5O3/c1-12(2)34-21-16(13(3)23-29-14(4)20-22(27)28-7-8-31(20)23)10-17(25)19(26)18(21)24(32)30-15-6-5-9-33-11-15/h7-8,10,12-13,15H,5-6,9,11H2,1-4H3,(H2,27,28)(H,30,32). The van der Waals surface area contributed by atoms with Crippen molar-refractivity contribution in [2.45, 2.75) is 58.6 Å². The van der Waals surface area contributed by atoms with Crippen LogP contribution in [0.1, 0.15) is 67.0 Å². The number of hydrogen-bond acceptors (Lipinski definition) is 6. The van der Waals surface area contributed by atoms with E-state index in [-0.39, 0.29) is 28.5 Å². The number of nitrogens with two attached hydrogens (primary N) is 1. The fraction of sp³-hybridized carbons (Fsp3) is 0.458. The summed E-state index contributed by atoms with van der Waals surface area (Å²) in [5, 5.41) is 2.71. The lowest BCUT2D eigenvalue weighted by atomic mass is 9.95. The molecule has 8 nitrogen and oxygen atoms in total. The van der Waals surface area contributed by atoms with E-state index >= 15 is 4.39 Å². The molecule has 0 bridgehead atoms. The second kappa shape index (κ2) is 9.76. The van der Waals surface area contributed by atoms with Crippen LogP contribution in [0.15, 0.2) is 18.5 Å². The van der Waals surface area contributed by atoms with E-state index in [0.29, 0.717) is 41.6 Å². The fourth-order valence-electron chi connectivity index (χ4n) is 4.34. The minimum Gasteiger partial charge on any atom is -0.490 e. The summed E-state index contributed by atoms with van der Waals surface area (Å²) in [6.45, 7) is 8.42. The third-order valence-corrected chi connectivity index (χ3v) is 6.19. The lowest BCUT2D eigenvalue weighted by molar-refractivity contribution is 0.0620. The molecule has 2 atom stereocenters. The first-order chi connectivity index (χ1) is 16.2. The van der Waals surface area contributed by atoms with Gasteiger partial charge in [0.1, 0.15) is 28.5 Å². The van der Waals surface area contributed by atoms with Gasteiger partial charge in [-0.1, -0.05) is 18.5 Å². The van der Waals surface area contributed by atoms with Crippen molar-refractivity contribution in [2.75, 3.05) is 18.9 Å². The van der Waals surface area contributed by atoms with Gasteiger partial charge in [0.25, 0.3) is 5.91 Å². The normalized spacial score (nSPS) is 17.2. The van der Waals surface area contributed by atoms with Crippen LogP contribution in [-0.2, 0) is 4.74 Å². The molecule has 182 valence electrons. The van der Waals surface area contributed by atoms with Crippen molar-refractivity contribution < 1.29 is 18.7 Å². The number of fused-ring (bicyclic) bond motifs is 1. The Morgan fingerprint density at radius 3 is 2.85 bits per heavy atom. The molecular formula is C24H29ClFN5O3. The van der Waals surface area contributed by atoms with E-state index in [9.17, 15) is 4.79 Å². The Balaban J connectivity index is 1.84. The molecule has 3 aromatic rings. The molecule has 1 aromatic carbocycles. The average molecular weight is 490 g/mol. The number of nitrogen functional groups attached to an aromatic ring is 1. The van der Waals surface area contributed by atoms with Gasteiger partial charge in [-0.25, -0.2) is 14.4 Å².